The average molecular weight is 264 g/mol. The Hall–Kier alpha value is -1.75. The first-order valence-electron chi connectivity index (χ1n) is 6.54. The minimum absolute atomic E-state index is 0.0267. The number of rotatable bonds is 6. The summed E-state index contributed by atoms with van der Waals surface area (Å²) in [6.07, 6.45) is 0.925. The van der Waals surface area contributed by atoms with Gasteiger partial charge < -0.3 is 21.3 Å². The Bertz CT molecular complexity index is 431. The summed E-state index contributed by atoms with van der Waals surface area (Å²) >= 11 is 0. The Morgan fingerprint density at radius 2 is 1.84 bits per heavy atom. The molecule has 0 spiro atoms. The molecular weight excluding hydrogens is 240 g/mol. The van der Waals surface area contributed by atoms with Gasteiger partial charge in [0.25, 0.3) is 5.91 Å². The standard InChI is InChI=1S/C14H24N4O/c1-4-7-18(9-8-17(2)3)14(19)12-6-5-11(15)10-13(12)16/h5-6,10H,4,7-9,15-16H2,1-3H3. The van der Waals surface area contributed by atoms with Crippen molar-refractivity contribution in [2.75, 3.05) is 45.2 Å². The Kier molecular flexibility index (Phi) is 5.63. The SMILES string of the molecule is CCCN(CCN(C)C)C(=O)c1ccc(N)cc1N. The molecule has 0 fully saturated rings. The molecule has 0 saturated heterocycles. The predicted octanol–water partition coefficient (Wildman–Crippen LogP) is 1.26. The van der Waals surface area contributed by atoms with Gasteiger partial charge >= 0.3 is 0 Å². The van der Waals surface area contributed by atoms with E-state index >= 15 is 0 Å². The van der Waals surface area contributed by atoms with Crippen LogP contribution in [0.1, 0.15) is 23.7 Å². The van der Waals surface area contributed by atoms with Crippen LogP contribution in [0.15, 0.2) is 18.2 Å². The van der Waals surface area contributed by atoms with Gasteiger partial charge in [0, 0.05) is 31.0 Å². The van der Waals surface area contributed by atoms with Crippen LogP contribution in [0.5, 0.6) is 0 Å². The number of hydrogen-bond acceptors (Lipinski definition) is 4. The van der Waals surface area contributed by atoms with Crippen LogP contribution >= 0.6 is 0 Å². The van der Waals surface area contributed by atoms with Gasteiger partial charge in [-0.25, -0.2) is 0 Å². The summed E-state index contributed by atoms with van der Waals surface area (Å²) in [5.74, 6) is -0.0267. The molecule has 0 unspecified atom stereocenters. The lowest BCUT2D eigenvalue weighted by molar-refractivity contribution is 0.0746. The highest BCUT2D eigenvalue weighted by Gasteiger charge is 2.17. The van der Waals surface area contributed by atoms with Crippen LogP contribution < -0.4 is 11.5 Å². The van der Waals surface area contributed by atoms with Crippen LogP contribution in [0, 0.1) is 0 Å². The molecule has 1 rings (SSSR count). The minimum Gasteiger partial charge on any atom is -0.399 e. The summed E-state index contributed by atoms with van der Waals surface area (Å²) < 4.78 is 0. The quantitative estimate of drug-likeness (QED) is 0.759. The zero-order valence-corrected chi connectivity index (χ0v) is 12.0. The van der Waals surface area contributed by atoms with Crippen molar-refractivity contribution in [3.63, 3.8) is 0 Å². The fourth-order valence-corrected chi connectivity index (χ4v) is 1.85. The van der Waals surface area contributed by atoms with E-state index in [1.807, 2.05) is 19.0 Å². The molecule has 0 aliphatic rings. The van der Waals surface area contributed by atoms with Gasteiger partial charge in [0.1, 0.15) is 0 Å². The average Bonchev–Trinajstić information content (AvgIpc) is 2.33. The van der Waals surface area contributed by atoms with Gasteiger partial charge in [-0.05, 0) is 38.7 Å². The summed E-state index contributed by atoms with van der Waals surface area (Å²) in [6, 6.07) is 5.04. The van der Waals surface area contributed by atoms with Gasteiger partial charge in [0.2, 0.25) is 0 Å². The largest absolute Gasteiger partial charge is 0.399 e. The summed E-state index contributed by atoms with van der Waals surface area (Å²) in [7, 11) is 3.98. The maximum atomic E-state index is 12.5. The number of nitrogens with two attached hydrogens (primary N) is 2. The van der Waals surface area contributed by atoms with E-state index in [0.717, 1.165) is 19.5 Å². The summed E-state index contributed by atoms with van der Waals surface area (Å²) in [4.78, 5) is 16.4. The minimum atomic E-state index is -0.0267. The van der Waals surface area contributed by atoms with Gasteiger partial charge in [0.15, 0.2) is 0 Å². The normalized spacial score (nSPS) is 10.7. The van der Waals surface area contributed by atoms with Gasteiger partial charge in [-0.3, -0.25) is 4.79 Å². The molecule has 0 bridgehead atoms. The molecule has 0 aliphatic carbocycles. The molecule has 19 heavy (non-hydrogen) atoms. The van der Waals surface area contributed by atoms with Gasteiger partial charge in [-0.1, -0.05) is 6.92 Å². The first-order chi connectivity index (χ1) is 8.95. The zero-order valence-electron chi connectivity index (χ0n) is 12.0. The number of carbonyl (C=O) groups is 1. The molecule has 0 aromatic heterocycles. The monoisotopic (exact) mass is 264 g/mol. The second kappa shape index (κ2) is 6.99. The molecule has 0 heterocycles. The number of amides is 1. The number of benzene rings is 1. The first kappa shape index (κ1) is 15.3. The highest BCUT2D eigenvalue weighted by Crippen LogP contribution is 2.17. The van der Waals surface area contributed by atoms with Crippen molar-refractivity contribution in [2.24, 2.45) is 0 Å². The van der Waals surface area contributed by atoms with E-state index in [1.165, 1.54) is 0 Å². The summed E-state index contributed by atoms with van der Waals surface area (Å²) in [6.45, 7) is 4.32. The van der Waals surface area contributed by atoms with E-state index in [4.69, 9.17) is 11.5 Å². The topological polar surface area (TPSA) is 75.6 Å². The fraction of sp³-hybridized carbons (Fsp3) is 0.500. The van der Waals surface area contributed by atoms with Crippen molar-refractivity contribution < 1.29 is 4.79 Å². The highest BCUT2D eigenvalue weighted by atomic mass is 16.2. The van der Waals surface area contributed by atoms with E-state index in [1.54, 1.807) is 18.2 Å². The lowest BCUT2D eigenvalue weighted by Crippen LogP contribution is -2.37. The third-order valence-corrected chi connectivity index (χ3v) is 2.90. The second-order valence-corrected chi connectivity index (χ2v) is 4.94. The highest BCUT2D eigenvalue weighted by molar-refractivity contribution is 5.99. The van der Waals surface area contributed by atoms with Crippen LogP contribution in [0.2, 0.25) is 0 Å². The molecule has 5 heteroatoms. The molecule has 5 nitrogen and oxygen atoms in total. The van der Waals surface area contributed by atoms with Crippen molar-refractivity contribution in [2.45, 2.75) is 13.3 Å². The lowest BCUT2D eigenvalue weighted by Gasteiger charge is -2.24. The Morgan fingerprint density at radius 1 is 1.16 bits per heavy atom. The Morgan fingerprint density at radius 3 is 2.37 bits per heavy atom. The molecule has 0 aliphatic heterocycles. The number of nitrogens with zero attached hydrogens (tertiary/aromatic N) is 2. The maximum Gasteiger partial charge on any atom is 0.255 e. The number of hydrogen-bond donors (Lipinski definition) is 2. The van der Waals surface area contributed by atoms with E-state index in [9.17, 15) is 4.79 Å². The zero-order chi connectivity index (χ0) is 14.4. The molecule has 106 valence electrons. The molecule has 0 atom stereocenters. The van der Waals surface area contributed by atoms with Crippen molar-refractivity contribution in [1.29, 1.82) is 0 Å². The number of likely N-dealkylation sites (N-methyl/N-ethyl adjacent to an activating group) is 1. The van der Waals surface area contributed by atoms with Crippen LogP contribution in [0.25, 0.3) is 0 Å². The number of anilines is 2. The Labute approximate surface area is 115 Å². The fourth-order valence-electron chi connectivity index (χ4n) is 1.85. The van der Waals surface area contributed by atoms with Crippen molar-refractivity contribution in [1.82, 2.24) is 9.80 Å². The Balaban J connectivity index is 2.85. The molecule has 1 amide bonds. The van der Waals surface area contributed by atoms with E-state index in [2.05, 4.69) is 11.8 Å². The molecule has 0 radical (unpaired) electrons. The maximum absolute atomic E-state index is 12.5. The third kappa shape index (κ3) is 4.44. The van der Waals surface area contributed by atoms with Gasteiger partial charge in [-0.2, -0.15) is 0 Å². The number of nitrogen functional groups attached to an aromatic ring is 2. The van der Waals surface area contributed by atoms with Gasteiger partial charge in [0.05, 0.1) is 5.56 Å². The molecule has 1 aromatic rings. The third-order valence-electron chi connectivity index (χ3n) is 2.90. The number of carbonyl (C=O) groups excluding carboxylic acids is 1. The molecule has 1 aromatic carbocycles. The second-order valence-electron chi connectivity index (χ2n) is 4.94. The van der Waals surface area contributed by atoms with Gasteiger partial charge in [-0.15, -0.1) is 0 Å². The van der Waals surface area contributed by atoms with Crippen LogP contribution in [0.4, 0.5) is 11.4 Å². The van der Waals surface area contributed by atoms with E-state index in [0.29, 0.717) is 23.5 Å². The van der Waals surface area contributed by atoms with Crippen molar-refractivity contribution in [3.8, 4) is 0 Å². The molecule has 4 N–H and O–H groups in total. The van der Waals surface area contributed by atoms with Crippen LogP contribution in [0.3, 0.4) is 0 Å². The van der Waals surface area contributed by atoms with E-state index < -0.39 is 0 Å². The van der Waals surface area contributed by atoms with Crippen molar-refractivity contribution >= 4 is 17.3 Å². The molecular formula is C14H24N4O. The predicted molar refractivity (Wildman–Crippen MR) is 80.0 cm³/mol. The van der Waals surface area contributed by atoms with Crippen molar-refractivity contribution in [3.05, 3.63) is 23.8 Å². The lowest BCUT2D eigenvalue weighted by atomic mass is 10.1. The van der Waals surface area contributed by atoms with Crippen LogP contribution in [-0.2, 0) is 0 Å². The molecule has 0 saturated carbocycles. The summed E-state index contributed by atoms with van der Waals surface area (Å²) in [5, 5.41) is 0. The smallest absolute Gasteiger partial charge is 0.255 e. The first-order valence-corrected chi connectivity index (χ1v) is 6.54. The van der Waals surface area contributed by atoms with Crippen LogP contribution in [-0.4, -0.2) is 49.4 Å². The summed E-state index contributed by atoms with van der Waals surface area (Å²) in [5.41, 5.74) is 13.1. The van der Waals surface area contributed by atoms with E-state index in [-0.39, 0.29) is 5.91 Å².